The van der Waals surface area contributed by atoms with Gasteiger partial charge >= 0.3 is 0 Å². The van der Waals surface area contributed by atoms with Gasteiger partial charge in [-0.3, -0.25) is 4.79 Å². The highest BCUT2D eigenvalue weighted by atomic mass is 16.3. The van der Waals surface area contributed by atoms with Gasteiger partial charge in [-0.2, -0.15) is 0 Å². The quantitative estimate of drug-likeness (QED) is 0.753. The number of phenols is 2. The van der Waals surface area contributed by atoms with Gasteiger partial charge in [0.25, 0.3) is 5.91 Å². The van der Waals surface area contributed by atoms with Crippen LogP contribution in [0.15, 0.2) is 84.5 Å². The molecule has 1 saturated heterocycles. The lowest BCUT2D eigenvalue weighted by molar-refractivity contribution is -0.117. The summed E-state index contributed by atoms with van der Waals surface area (Å²) >= 11 is 0. The number of allylic oxidation sites excluding steroid dienone is 3. The van der Waals surface area contributed by atoms with Crippen molar-refractivity contribution in [2.24, 2.45) is 0 Å². The molecule has 1 aliphatic heterocycles. The molecule has 0 radical (unpaired) electrons. The fraction of sp³-hybridized carbons (Fsp3) is 0.0952. The predicted molar refractivity (Wildman–Crippen MR) is 97.2 cm³/mol. The molecule has 4 heteroatoms. The van der Waals surface area contributed by atoms with E-state index >= 15 is 0 Å². The molecule has 0 atom stereocenters. The zero-order valence-corrected chi connectivity index (χ0v) is 13.9. The highest BCUT2D eigenvalue weighted by Gasteiger charge is 2.47. The fourth-order valence-corrected chi connectivity index (χ4v) is 3.29. The molecule has 0 bridgehead atoms. The van der Waals surface area contributed by atoms with Crippen molar-refractivity contribution in [3.05, 3.63) is 95.6 Å². The number of nitrogens with one attached hydrogen (secondary N) is 1. The minimum Gasteiger partial charge on any atom is -0.508 e. The van der Waals surface area contributed by atoms with Crippen LogP contribution in [0.2, 0.25) is 0 Å². The van der Waals surface area contributed by atoms with E-state index < -0.39 is 5.54 Å². The lowest BCUT2D eigenvalue weighted by Gasteiger charge is -2.32. The maximum Gasteiger partial charge on any atom is 0.252 e. The predicted octanol–water partition coefficient (Wildman–Crippen LogP) is 3.53. The third-order valence-corrected chi connectivity index (χ3v) is 4.41. The lowest BCUT2D eigenvalue weighted by Crippen LogP contribution is -2.41. The van der Waals surface area contributed by atoms with Gasteiger partial charge in [-0.05, 0) is 47.9 Å². The van der Waals surface area contributed by atoms with E-state index in [1.165, 1.54) is 0 Å². The smallest absolute Gasteiger partial charge is 0.252 e. The maximum atomic E-state index is 12.6. The number of benzene rings is 2. The van der Waals surface area contributed by atoms with Crippen molar-refractivity contribution in [3.8, 4) is 11.5 Å². The van der Waals surface area contributed by atoms with Crippen molar-refractivity contribution in [1.29, 1.82) is 0 Å². The van der Waals surface area contributed by atoms with Crippen LogP contribution in [0.1, 0.15) is 18.1 Å². The highest BCUT2D eigenvalue weighted by Crippen LogP contribution is 2.45. The Morgan fingerprint density at radius 1 is 0.960 bits per heavy atom. The van der Waals surface area contributed by atoms with Crippen LogP contribution in [-0.2, 0) is 10.3 Å². The van der Waals surface area contributed by atoms with Gasteiger partial charge in [0.15, 0.2) is 0 Å². The molecule has 2 aromatic rings. The highest BCUT2D eigenvalue weighted by molar-refractivity contribution is 6.04. The van der Waals surface area contributed by atoms with Crippen LogP contribution in [0.3, 0.4) is 0 Å². The van der Waals surface area contributed by atoms with Gasteiger partial charge in [-0.15, -0.1) is 0 Å². The number of hydrogen-bond acceptors (Lipinski definition) is 3. The number of amides is 1. The van der Waals surface area contributed by atoms with Crippen LogP contribution in [-0.4, -0.2) is 16.1 Å². The molecular formula is C21H19NO3. The van der Waals surface area contributed by atoms with Gasteiger partial charge in [0.1, 0.15) is 17.0 Å². The zero-order chi connectivity index (χ0) is 18.0. The Morgan fingerprint density at radius 3 is 1.84 bits per heavy atom. The molecular weight excluding hydrogens is 314 g/mol. The second-order valence-corrected chi connectivity index (χ2v) is 5.82. The summed E-state index contributed by atoms with van der Waals surface area (Å²) in [5, 5.41) is 22.4. The normalized spacial score (nSPS) is 19.2. The molecule has 1 fully saturated rings. The van der Waals surface area contributed by atoms with E-state index in [0.29, 0.717) is 5.57 Å². The monoisotopic (exact) mass is 333 g/mol. The molecule has 0 saturated carbocycles. The molecule has 0 spiro atoms. The Kier molecular flexibility index (Phi) is 4.19. The van der Waals surface area contributed by atoms with Gasteiger partial charge in [-0.1, -0.05) is 49.1 Å². The van der Waals surface area contributed by atoms with E-state index in [1.54, 1.807) is 60.7 Å². The summed E-state index contributed by atoms with van der Waals surface area (Å²) in [7, 11) is 0. The summed E-state index contributed by atoms with van der Waals surface area (Å²) in [5.74, 6) is 0.112. The van der Waals surface area contributed by atoms with E-state index in [-0.39, 0.29) is 17.4 Å². The van der Waals surface area contributed by atoms with Crippen molar-refractivity contribution in [1.82, 2.24) is 5.32 Å². The molecule has 1 aliphatic rings. The third kappa shape index (κ3) is 2.62. The Balaban J connectivity index is 2.35. The topological polar surface area (TPSA) is 69.6 Å². The van der Waals surface area contributed by atoms with Crippen LogP contribution in [0.5, 0.6) is 11.5 Å². The van der Waals surface area contributed by atoms with Crippen molar-refractivity contribution in [2.75, 3.05) is 0 Å². The zero-order valence-electron chi connectivity index (χ0n) is 13.9. The fourth-order valence-electron chi connectivity index (χ4n) is 3.29. The molecule has 25 heavy (non-hydrogen) atoms. The SMILES string of the molecule is C=CC=C1/C(=C\C)C(=O)NC1(c1ccc(O)cc1)c1ccc(O)cc1. The Labute approximate surface area is 146 Å². The molecule has 2 aromatic carbocycles. The van der Waals surface area contributed by atoms with E-state index in [2.05, 4.69) is 11.9 Å². The number of carbonyl (C=O) groups excluding carboxylic acids is 1. The Bertz CT molecular complexity index is 829. The number of rotatable bonds is 3. The number of phenolic OH excluding ortho intramolecular Hbond substituents is 2. The summed E-state index contributed by atoms with van der Waals surface area (Å²) < 4.78 is 0. The molecule has 1 heterocycles. The van der Waals surface area contributed by atoms with Crippen LogP contribution in [0, 0.1) is 0 Å². The first-order valence-corrected chi connectivity index (χ1v) is 7.94. The minimum atomic E-state index is -0.922. The summed E-state index contributed by atoms with van der Waals surface area (Å²) in [5.41, 5.74) is 2.02. The number of aromatic hydroxyl groups is 2. The van der Waals surface area contributed by atoms with Crippen LogP contribution < -0.4 is 5.32 Å². The van der Waals surface area contributed by atoms with Crippen molar-refractivity contribution < 1.29 is 15.0 Å². The second-order valence-electron chi connectivity index (χ2n) is 5.82. The van der Waals surface area contributed by atoms with Gasteiger partial charge < -0.3 is 15.5 Å². The van der Waals surface area contributed by atoms with Gasteiger partial charge in [0, 0.05) is 5.57 Å². The Morgan fingerprint density at radius 2 is 1.44 bits per heavy atom. The standard InChI is InChI=1S/C21H19NO3/c1-3-5-19-18(4-2)20(25)22-21(19,14-6-10-16(23)11-7-14)15-8-12-17(24)13-9-15/h3-13,23-24H,1H2,2H3,(H,22,25)/b18-4+,19-5?. The van der Waals surface area contributed by atoms with E-state index in [4.69, 9.17) is 0 Å². The average molecular weight is 333 g/mol. The van der Waals surface area contributed by atoms with Crippen molar-refractivity contribution in [3.63, 3.8) is 0 Å². The van der Waals surface area contributed by atoms with Crippen molar-refractivity contribution in [2.45, 2.75) is 12.5 Å². The molecule has 3 rings (SSSR count). The molecule has 0 aromatic heterocycles. The molecule has 1 amide bonds. The maximum absolute atomic E-state index is 12.6. The second kappa shape index (κ2) is 6.32. The first-order valence-electron chi connectivity index (χ1n) is 7.94. The van der Waals surface area contributed by atoms with Gasteiger partial charge in [0.05, 0.1) is 0 Å². The van der Waals surface area contributed by atoms with Gasteiger partial charge in [0.2, 0.25) is 0 Å². The van der Waals surface area contributed by atoms with Gasteiger partial charge in [-0.25, -0.2) is 0 Å². The summed E-state index contributed by atoms with van der Waals surface area (Å²) in [6.07, 6.45) is 5.23. The molecule has 0 unspecified atom stereocenters. The largest absolute Gasteiger partial charge is 0.508 e. The third-order valence-electron chi connectivity index (χ3n) is 4.41. The van der Waals surface area contributed by atoms with Crippen molar-refractivity contribution >= 4 is 5.91 Å². The number of carbonyl (C=O) groups is 1. The van der Waals surface area contributed by atoms with E-state index in [0.717, 1.165) is 16.7 Å². The van der Waals surface area contributed by atoms with E-state index in [9.17, 15) is 15.0 Å². The van der Waals surface area contributed by atoms with Crippen LogP contribution >= 0.6 is 0 Å². The minimum absolute atomic E-state index is 0.148. The molecule has 126 valence electrons. The average Bonchev–Trinajstić information content (AvgIpc) is 2.89. The lowest BCUT2D eigenvalue weighted by atomic mass is 9.76. The van der Waals surface area contributed by atoms with Crippen LogP contribution in [0.25, 0.3) is 0 Å². The van der Waals surface area contributed by atoms with Crippen LogP contribution in [0.4, 0.5) is 0 Å². The first-order chi connectivity index (χ1) is 12.0. The molecule has 3 N–H and O–H groups in total. The first kappa shape index (κ1) is 16.6. The summed E-state index contributed by atoms with van der Waals surface area (Å²) in [4.78, 5) is 12.6. The number of hydrogen-bond donors (Lipinski definition) is 3. The molecule has 4 nitrogen and oxygen atoms in total. The Hall–Kier alpha value is -3.27. The van der Waals surface area contributed by atoms with E-state index in [1.807, 2.05) is 13.0 Å². The summed E-state index contributed by atoms with van der Waals surface area (Å²) in [6, 6.07) is 13.4. The molecule has 0 aliphatic carbocycles. The summed E-state index contributed by atoms with van der Waals surface area (Å²) in [6.45, 7) is 5.59.